The Morgan fingerprint density at radius 3 is 2.12 bits per heavy atom. The van der Waals surface area contributed by atoms with E-state index < -0.39 is 28.7 Å². The van der Waals surface area contributed by atoms with E-state index >= 15 is 0 Å². The van der Waals surface area contributed by atoms with Crippen LogP contribution in [0.15, 0.2) is 66.7 Å². The van der Waals surface area contributed by atoms with Crippen LogP contribution in [-0.4, -0.2) is 33.6 Å². The van der Waals surface area contributed by atoms with Crippen LogP contribution in [0.4, 0.5) is 11.4 Å². The topological polar surface area (TPSA) is 110 Å². The third kappa shape index (κ3) is 3.61. The average molecular weight is 445 g/mol. The summed E-state index contributed by atoms with van der Waals surface area (Å²) < 4.78 is 0. The van der Waals surface area contributed by atoms with E-state index in [2.05, 4.69) is 5.32 Å². The number of nitrogens with one attached hydrogen (secondary N) is 1. The molecule has 4 aliphatic rings. The highest BCUT2D eigenvalue weighted by Gasteiger charge is 2.58. The van der Waals surface area contributed by atoms with Gasteiger partial charge in [-0.15, -0.1) is 0 Å². The van der Waals surface area contributed by atoms with Gasteiger partial charge in [0.2, 0.25) is 17.7 Å². The fraction of sp³-hybridized carbons (Fsp3) is 0.320. The van der Waals surface area contributed by atoms with Crippen LogP contribution in [0.1, 0.15) is 18.4 Å². The second kappa shape index (κ2) is 8.27. The lowest BCUT2D eigenvalue weighted by molar-refractivity contribution is -0.383. The maximum atomic E-state index is 13.5. The number of carbonyl (C=O) groups excluding carboxylic acids is 3. The Kier molecular flexibility index (Phi) is 5.28. The van der Waals surface area contributed by atoms with Gasteiger partial charge < -0.3 is 5.32 Å². The molecule has 0 unspecified atom stereocenters. The van der Waals surface area contributed by atoms with E-state index in [9.17, 15) is 24.5 Å². The Bertz CT molecular complexity index is 1130. The Morgan fingerprint density at radius 2 is 1.55 bits per heavy atom. The lowest BCUT2D eigenvalue weighted by atomic mass is 9.63. The number of imide groups is 1. The third-order valence-corrected chi connectivity index (χ3v) is 7.04. The van der Waals surface area contributed by atoms with Crippen LogP contribution in [0.5, 0.6) is 0 Å². The number of likely N-dealkylation sites (tertiary alicyclic amines) is 1. The lowest BCUT2D eigenvalue weighted by Gasteiger charge is -2.38. The molecule has 1 saturated carbocycles. The van der Waals surface area contributed by atoms with Crippen molar-refractivity contribution in [2.24, 2.45) is 23.7 Å². The molecule has 2 aromatic carbocycles. The summed E-state index contributed by atoms with van der Waals surface area (Å²) in [5.74, 6) is -2.09. The number of amides is 3. The summed E-state index contributed by atoms with van der Waals surface area (Å²) >= 11 is 0. The van der Waals surface area contributed by atoms with Crippen molar-refractivity contribution in [1.82, 2.24) is 4.90 Å². The Morgan fingerprint density at radius 1 is 0.970 bits per heavy atom. The summed E-state index contributed by atoms with van der Waals surface area (Å²) in [5, 5.41) is 14.0. The number of allylic oxidation sites excluding steroid dienone is 2. The molecule has 3 amide bonds. The molecule has 0 aromatic heterocycles. The molecule has 2 fully saturated rings. The number of para-hydroxylation sites is 2. The van der Waals surface area contributed by atoms with Crippen molar-refractivity contribution < 1.29 is 19.3 Å². The minimum Gasteiger partial charge on any atom is -0.319 e. The summed E-state index contributed by atoms with van der Waals surface area (Å²) in [6.45, 7) is 0. The Labute approximate surface area is 190 Å². The lowest BCUT2D eigenvalue weighted by Crippen LogP contribution is -2.49. The fourth-order valence-electron chi connectivity index (χ4n) is 5.50. The smallest absolute Gasteiger partial charge is 0.292 e. The summed E-state index contributed by atoms with van der Waals surface area (Å²) in [4.78, 5) is 52.4. The maximum absolute atomic E-state index is 13.5. The quantitative estimate of drug-likeness (QED) is 0.317. The van der Waals surface area contributed by atoms with Gasteiger partial charge in [0.05, 0.1) is 16.8 Å². The minimum absolute atomic E-state index is 0.0112. The summed E-state index contributed by atoms with van der Waals surface area (Å²) in [6, 6.07) is 13.9. The van der Waals surface area contributed by atoms with Crippen LogP contribution in [0.25, 0.3) is 0 Å². The normalized spacial score (nSPS) is 26.2. The number of rotatable bonds is 6. The molecule has 1 N–H and O–H groups in total. The summed E-state index contributed by atoms with van der Waals surface area (Å²) in [7, 11) is 0. The van der Waals surface area contributed by atoms with E-state index in [1.165, 1.54) is 18.2 Å². The van der Waals surface area contributed by atoms with E-state index in [1.54, 1.807) is 6.07 Å². The van der Waals surface area contributed by atoms with Gasteiger partial charge in [-0.1, -0.05) is 54.6 Å². The largest absolute Gasteiger partial charge is 0.319 e. The van der Waals surface area contributed by atoms with Crippen LogP contribution < -0.4 is 5.32 Å². The van der Waals surface area contributed by atoms with Gasteiger partial charge in [0.15, 0.2) is 0 Å². The van der Waals surface area contributed by atoms with Crippen molar-refractivity contribution in [1.29, 1.82) is 0 Å². The van der Waals surface area contributed by atoms with E-state index in [1.807, 2.05) is 42.5 Å². The minimum atomic E-state index is -1.10. The van der Waals surface area contributed by atoms with E-state index in [-0.39, 0.29) is 41.4 Å². The number of carbonyl (C=O) groups is 3. The molecule has 0 radical (unpaired) electrons. The zero-order valence-corrected chi connectivity index (χ0v) is 17.8. The highest BCUT2D eigenvalue weighted by Crippen LogP contribution is 2.50. The monoisotopic (exact) mass is 445 g/mol. The molecule has 6 rings (SSSR count). The number of hydrogen-bond acceptors (Lipinski definition) is 5. The average Bonchev–Trinajstić information content (AvgIpc) is 3.11. The van der Waals surface area contributed by atoms with Gasteiger partial charge in [0, 0.05) is 12.5 Å². The molecular weight excluding hydrogens is 422 g/mol. The molecule has 33 heavy (non-hydrogen) atoms. The van der Waals surface area contributed by atoms with Gasteiger partial charge in [-0.05, 0) is 36.3 Å². The van der Waals surface area contributed by atoms with Crippen LogP contribution in [0.2, 0.25) is 0 Å². The number of hydrogen-bond donors (Lipinski definition) is 1. The van der Waals surface area contributed by atoms with Gasteiger partial charge in [-0.2, -0.15) is 0 Å². The van der Waals surface area contributed by atoms with Gasteiger partial charge in [-0.3, -0.25) is 29.4 Å². The molecule has 0 spiro atoms. The molecule has 8 heteroatoms. The predicted octanol–water partition coefficient (Wildman–Crippen LogP) is 3.34. The van der Waals surface area contributed by atoms with Gasteiger partial charge in [-0.25, -0.2) is 0 Å². The summed E-state index contributed by atoms with van der Waals surface area (Å²) in [6.07, 6.45) is 5.92. The van der Waals surface area contributed by atoms with Crippen LogP contribution >= 0.6 is 0 Å². The molecule has 1 aliphatic heterocycles. The van der Waals surface area contributed by atoms with Crippen molar-refractivity contribution in [2.75, 3.05) is 5.32 Å². The third-order valence-electron chi connectivity index (χ3n) is 7.04. The molecular formula is C25H23N3O5. The van der Waals surface area contributed by atoms with Crippen LogP contribution in [-0.2, 0) is 20.8 Å². The second-order valence-corrected chi connectivity index (χ2v) is 8.86. The Balaban J connectivity index is 1.49. The van der Waals surface area contributed by atoms with E-state index in [4.69, 9.17) is 0 Å². The van der Waals surface area contributed by atoms with Crippen molar-refractivity contribution in [3.63, 3.8) is 0 Å². The molecule has 1 saturated heterocycles. The summed E-state index contributed by atoms with van der Waals surface area (Å²) in [5.41, 5.74) is 0.569. The molecule has 1 heterocycles. The number of nitro groups is 1. The first-order valence-corrected chi connectivity index (χ1v) is 11.1. The molecule has 3 aliphatic carbocycles. The number of fused-ring (bicyclic) bond motifs is 1. The first-order chi connectivity index (χ1) is 16.0. The van der Waals surface area contributed by atoms with Gasteiger partial charge in [0.25, 0.3) is 5.69 Å². The van der Waals surface area contributed by atoms with Crippen molar-refractivity contribution in [3.05, 3.63) is 82.4 Å². The first-order valence-electron chi connectivity index (χ1n) is 11.1. The zero-order valence-electron chi connectivity index (χ0n) is 17.8. The molecule has 2 aromatic rings. The van der Waals surface area contributed by atoms with E-state index in [0.717, 1.165) is 23.3 Å². The van der Waals surface area contributed by atoms with Gasteiger partial charge in [0.1, 0.15) is 11.7 Å². The van der Waals surface area contributed by atoms with E-state index in [0.29, 0.717) is 0 Å². The highest BCUT2D eigenvalue weighted by molar-refractivity contribution is 6.11. The maximum Gasteiger partial charge on any atom is 0.292 e. The van der Waals surface area contributed by atoms with Gasteiger partial charge >= 0.3 is 0 Å². The number of benzene rings is 2. The van der Waals surface area contributed by atoms with Crippen LogP contribution in [0.3, 0.4) is 0 Å². The molecule has 2 bridgehead atoms. The standard InChI is InChI=1S/C25H23N3O5/c29-23(26-18-8-4-5-9-19(18)28(32)33)20(14-15-6-2-1-3-7-15)27-24(30)21-16-10-11-17(13-12-16)22(21)25(27)31/h1-11,16-17,20-22H,12-14H2,(H,26,29)/t16-,17-,20-,21-,22+/m0/s1. The number of nitro benzene ring substituents is 1. The van der Waals surface area contributed by atoms with Crippen molar-refractivity contribution in [2.45, 2.75) is 25.3 Å². The highest BCUT2D eigenvalue weighted by atomic mass is 16.6. The number of anilines is 1. The van der Waals surface area contributed by atoms with Crippen molar-refractivity contribution in [3.8, 4) is 0 Å². The zero-order chi connectivity index (χ0) is 23.1. The second-order valence-electron chi connectivity index (χ2n) is 8.86. The number of nitrogens with zero attached hydrogens (tertiary/aromatic N) is 2. The molecule has 5 atom stereocenters. The fourth-order valence-corrected chi connectivity index (χ4v) is 5.50. The SMILES string of the molecule is O=C(Nc1ccccc1[N+](=O)[O-])[C@H](Cc1ccccc1)N1C(=O)[C@@H]2[C@H](C1=O)[C@H]1C=C[C@H]2CC1. The molecule has 168 valence electrons. The Hall–Kier alpha value is -3.81. The predicted molar refractivity (Wildman–Crippen MR) is 120 cm³/mol. The van der Waals surface area contributed by atoms with Crippen molar-refractivity contribution >= 4 is 29.1 Å². The van der Waals surface area contributed by atoms with Crippen LogP contribution in [0, 0.1) is 33.8 Å². The molecule has 8 nitrogen and oxygen atoms in total. The first kappa shape index (κ1) is 21.1.